The topological polar surface area (TPSA) is 99.6 Å². The van der Waals surface area contributed by atoms with Crippen molar-refractivity contribution in [3.63, 3.8) is 0 Å². The van der Waals surface area contributed by atoms with Gasteiger partial charge in [0.15, 0.2) is 11.4 Å². The molecule has 1 heterocycles. The molecule has 3 N–H and O–H groups in total. The molecule has 3 rings (SSSR count). The van der Waals surface area contributed by atoms with Crippen LogP contribution >= 0.6 is 0 Å². The van der Waals surface area contributed by atoms with Crippen molar-refractivity contribution in [2.45, 2.75) is 0 Å². The van der Waals surface area contributed by atoms with Gasteiger partial charge in [0.25, 0.3) is 5.56 Å². The van der Waals surface area contributed by atoms with Crippen LogP contribution in [0.25, 0.3) is 10.8 Å². The maximum absolute atomic E-state index is 13.2. The maximum Gasteiger partial charge on any atom is 0.356 e. The van der Waals surface area contributed by atoms with Crippen LogP contribution in [0.15, 0.2) is 41.2 Å². The number of rotatable bonds is 3. The fourth-order valence-corrected chi connectivity index (χ4v) is 2.23. The fourth-order valence-electron chi connectivity index (χ4n) is 2.23. The summed E-state index contributed by atoms with van der Waals surface area (Å²) in [5.41, 5.74) is -1.38. The number of aromatic carboxylic acids is 1. The van der Waals surface area contributed by atoms with E-state index >= 15 is 0 Å². The molecule has 6 nitrogen and oxygen atoms in total. The highest BCUT2D eigenvalue weighted by molar-refractivity contribution is 5.98. The van der Waals surface area contributed by atoms with Crippen molar-refractivity contribution in [1.82, 2.24) is 4.98 Å². The number of aromatic amines is 1. The standard InChI is InChI=1S/C16H9F2NO5/c17-7-3-8(18)5-10(4-7)24-9-1-2-11-12(6-9)15(21)19-13(14(11)20)16(22)23/h1-6,20H,(H,19,21)(H,22,23). The molecule has 0 saturated heterocycles. The number of carboxylic acids is 1. The molecule has 2 aromatic carbocycles. The van der Waals surface area contributed by atoms with E-state index in [1.807, 2.05) is 4.98 Å². The lowest BCUT2D eigenvalue weighted by Crippen LogP contribution is -2.13. The molecule has 24 heavy (non-hydrogen) atoms. The van der Waals surface area contributed by atoms with Gasteiger partial charge >= 0.3 is 5.97 Å². The summed E-state index contributed by atoms with van der Waals surface area (Å²) in [6.45, 7) is 0. The number of ether oxygens (including phenoxy) is 1. The van der Waals surface area contributed by atoms with Gasteiger partial charge in [-0.15, -0.1) is 0 Å². The molecule has 8 heteroatoms. The van der Waals surface area contributed by atoms with E-state index < -0.39 is 34.6 Å². The van der Waals surface area contributed by atoms with Crippen LogP contribution in [-0.2, 0) is 0 Å². The smallest absolute Gasteiger partial charge is 0.356 e. The average molecular weight is 333 g/mol. The van der Waals surface area contributed by atoms with E-state index in [2.05, 4.69) is 0 Å². The highest BCUT2D eigenvalue weighted by Gasteiger charge is 2.16. The molecule has 0 amide bonds. The number of nitrogens with one attached hydrogen (secondary N) is 1. The van der Waals surface area contributed by atoms with Gasteiger partial charge in [-0.2, -0.15) is 0 Å². The maximum atomic E-state index is 13.2. The van der Waals surface area contributed by atoms with Gasteiger partial charge in [0.05, 0.1) is 5.39 Å². The Morgan fingerprint density at radius 1 is 1.00 bits per heavy atom. The van der Waals surface area contributed by atoms with Crippen molar-refractivity contribution >= 4 is 16.7 Å². The first-order valence-electron chi connectivity index (χ1n) is 6.61. The second-order valence-electron chi connectivity index (χ2n) is 4.90. The number of aromatic nitrogens is 1. The molecule has 0 atom stereocenters. The molecule has 0 bridgehead atoms. The van der Waals surface area contributed by atoms with Crippen LogP contribution in [0.3, 0.4) is 0 Å². The summed E-state index contributed by atoms with van der Waals surface area (Å²) in [6, 6.07) is 6.43. The molecule has 0 radical (unpaired) electrons. The number of halogens is 2. The summed E-state index contributed by atoms with van der Waals surface area (Å²) >= 11 is 0. The van der Waals surface area contributed by atoms with Gasteiger partial charge in [-0.05, 0) is 18.2 Å². The molecule has 122 valence electrons. The SMILES string of the molecule is O=C(O)c1[nH]c(=O)c2cc(Oc3cc(F)cc(F)c3)ccc2c1O. The molecule has 3 aromatic rings. The minimum Gasteiger partial charge on any atom is -0.505 e. The zero-order valence-corrected chi connectivity index (χ0v) is 11.8. The Kier molecular flexibility index (Phi) is 3.64. The number of benzene rings is 2. The van der Waals surface area contributed by atoms with Crippen molar-refractivity contribution in [2.24, 2.45) is 0 Å². The van der Waals surface area contributed by atoms with Gasteiger partial charge in [-0.1, -0.05) is 0 Å². The highest BCUT2D eigenvalue weighted by atomic mass is 19.1. The van der Waals surface area contributed by atoms with E-state index in [-0.39, 0.29) is 22.3 Å². The van der Waals surface area contributed by atoms with Crippen LogP contribution in [0.5, 0.6) is 17.2 Å². The van der Waals surface area contributed by atoms with E-state index in [4.69, 9.17) is 9.84 Å². The zero-order valence-electron chi connectivity index (χ0n) is 11.8. The van der Waals surface area contributed by atoms with Crippen molar-refractivity contribution in [2.75, 3.05) is 0 Å². The number of hydrogen-bond donors (Lipinski definition) is 3. The van der Waals surface area contributed by atoms with E-state index in [0.717, 1.165) is 12.1 Å². The third kappa shape index (κ3) is 2.76. The number of hydrogen-bond acceptors (Lipinski definition) is 4. The van der Waals surface area contributed by atoms with Gasteiger partial charge in [0, 0.05) is 23.6 Å². The Balaban J connectivity index is 2.09. The number of pyridine rings is 1. The summed E-state index contributed by atoms with van der Waals surface area (Å²) in [6.07, 6.45) is 0. The molecular formula is C16H9F2NO5. The van der Waals surface area contributed by atoms with Gasteiger partial charge in [0.2, 0.25) is 0 Å². The lowest BCUT2D eigenvalue weighted by atomic mass is 10.1. The van der Waals surface area contributed by atoms with Crippen molar-refractivity contribution in [3.8, 4) is 17.2 Å². The van der Waals surface area contributed by atoms with Crippen LogP contribution in [-0.4, -0.2) is 21.2 Å². The molecule has 0 saturated carbocycles. The normalized spacial score (nSPS) is 10.8. The first kappa shape index (κ1) is 15.5. The quantitative estimate of drug-likeness (QED) is 0.684. The van der Waals surface area contributed by atoms with Gasteiger partial charge in [-0.3, -0.25) is 4.79 Å². The minimum atomic E-state index is -1.48. The number of aromatic hydroxyl groups is 1. The molecule has 1 aromatic heterocycles. The van der Waals surface area contributed by atoms with E-state index in [1.165, 1.54) is 18.2 Å². The summed E-state index contributed by atoms with van der Waals surface area (Å²) < 4.78 is 31.6. The Morgan fingerprint density at radius 2 is 1.67 bits per heavy atom. The molecule has 0 aliphatic carbocycles. The van der Waals surface area contributed by atoms with Crippen molar-refractivity contribution in [3.05, 3.63) is 64.1 Å². The Morgan fingerprint density at radius 3 is 2.29 bits per heavy atom. The first-order chi connectivity index (χ1) is 11.3. The van der Waals surface area contributed by atoms with Crippen molar-refractivity contribution < 1.29 is 28.5 Å². The number of carbonyl (C=O) groups is 1. The van der Waals surface area contributed by atoms with E-state index in [0.29, 0.717) is 6.07 Å². The Bertz CT molecular complexity index is 1010. The number of fused-ring (bicyclic) bond motifs is 1. The van der Waals surface area contributed by atoms with Crippen LogP contribution in [0, 0.1) is 11.6 Å². The van der Waals surface area contributed by atoms with Crippen LogP contribution in [0.4, 0.5) is 8.78 Å². The Hall–Kier alpha value is -3.42. The number of H-pyrrole nitrogens is 1. The zero-order chi connectivity index (χ0) is 17.4. The second-order valence-corrected chi connectivity index (χ2v) is 4.90. The predicted octanol–water partition coefficient (Wildman–Crippen LogP) is 3.00. The first-order valence-corrected chi connectivity index (χ1v) is 6.61. The average Bonchev–Trinajstić information content (AvgIpc) is 2.49. The lowest BCUT2D eigenvalue weighted by Gasteiger charge is -2.09. The van der Waals surface area contributed by atoms with Crippen molar-refractivity contribution in [1.29, 1.82) is 0 Å². The van der Waals surface area contributed by atoms with E-state index in [9.17, 15) is 23.5 Å². The Labute approximate surface area is 132 Å². The molecule has 0 fully saturated rings. The summed E-state index contributed by atoms with van der Waals surface area (Å²) in [7, 11) is 0. The highest BCUT2D eigenvalue weighted by Crippen LogP contribution is 2.30. The molecular weight excluding hydrogens is 324 g/mol. The molecule has 0 unspecified atom stereocenters. The second kappa shape index (κ2) is 5.65. The summed E-state index contributed by atoms with van der Waals surface area (Å²) in [5, 5.41) is 18.8. The van der Waals surface area contributed by atoms with Gasteiger partial charge in [-0.25, -0.2) is 13.6 Å². The minimum absolute atomic E-state index is 0.00826. The predicted molar refractivity (Wildman–Crippen MR) is 79.6 cm³/mol. The summed E-state index contributed by atoms with van der Waals surface area (Å²) in [4.78, 5) is 25.0. The van der Waals surface area contributed by atoms with Gasteiger partial charge < -0.3 is 19.9 Å². The third-order valence-corrected chi connectivity index (χ3v) is 3.25. The molecule has 0 spiro atoms. The van der Waals surface area contributed by atoms with E-state index in [1.54, 1.807) is 0 Å². The van der Waals surface area contributed by atoms with Crippen LogP contribution in [0.2, 0.25) is 0 Å². The third-order valence-electron chi connectivity index (χ3n) is 3.25. The van der Waals surface area contributed by atoms with Crippen LogP contribution < -0.4 is 10.3 Å². The summed E-state index contributed by atoms with van der Waals surface area (Å²) in [5.74, 6) is -3.77. The lowest BCUT2D eigenvalue weighted by molar-refractivity contribution is 0.0687. The monoisotopic (exact) mass is 333 g/mol. The number of carboxylic acid groups (broad SMARTS) is 1. The largest absolute Gasteiger partial charge is 0.505 e. The fraction of sp³-hybridized carbons (Fsp3) is 0. The molecule has 0 aliphatic heterocycles. The molecule has 0 aliphatic rings. The van der Waals surface area contributed by atoms with Crippen LogP contribution in [0.1, 0.15) is 10.5 Å². The van der Waals surface area contributed by atoms with Gasteiger partial charge in [0.1, 0.15) is 23.1 Å².